The Morgan fingerprint density at radius 1 is 1.17 bits per heavy atom. The number of piperidine rings is 1. The Hall–Kier alpha value is -1.59. The van der Waals surface area contributed by atoms with Gasteiger partial charge in [0.05, 0.1) is 6.61 Å². The third-order valence-electron chi connectivity index (χ3n) is 6.91. The first-order valence-electron chi connectivity index (χ1n) is 11.7. The van der Waals surface area contributed by atoms with E-state index in [1.807, 2.05) is 4.90 Å². The van der Waals surface area contributed by atoms with E-state index in [0.717, 1.165) is 63.0 Å². The molecule has 4 rings (SSSR count). The van der Waals surface area contributed by atoms with Crippen LogP contribution >= 0.6 is 0 Å². The van der Waals surface area contributed by atoms with Gasteiger partial charge in [-0.3, -0.25) is 9.69 Å². The topological polar surface area (TPSA) is 44.8 Å². The second kappa shape index (κ2) is 9.94. The number of anilines is 1. The molecule has 0 aliphatic carbocycles. The number of carbonyl (C=O) groups excluding carboxylic acids is 1. The lowest BCUT2D eigenvalue weighted by atomic mass is 9.95. The highest BCUT2D eigenvalue weighted by atomic mass is 16.5. The molecule has 0 saturated carbocycles. The maximum Gasteiger partial charge on any atom is 0.227 e. The largest absolute Gasteiger partial charge is 0.493 e. The Morgan fingerprint density at radius 2 is 2.10 bits per heavy atom. The molecule has 3 heterocycles. The van der Waals surface area contributed by atoms with Crippen molar-refractivity contribution in [2.24, 2.45) is 5.92 Å². The summed E-state index contributed by atoms with van der Waals surface area (Å²) in [6.45, 7) is 8.35. The zero-order valence-corrected chi connectivity index (χ0v) is 18.0. The molecule has 29 heavy (non-hydrogen) atoms. The van der Waals surface area contributed by atoms with Gasteiger partial charge in [-0.25, -0.2) is 0 Å². The summed E-state index contributed by atoms with van der Waals surface area (Å²) >= 11 is 0. The average molecular weight is 400 g/mol. The van der Waals surface area contributed by atoms with Gasteiger partial charge >= 0.3 is 0 Å². The van der Waals surface area contributed by atoms with Crippen LogP contribution in [0.1, 0.15) is 63.9 Å². The van der Waals surface area contributed by atoms with Gasteiger partial charge in [0.1, 0.15) is 5.75 Å². The molecule has 0 spiro atoms. The highest BCUT2D eigenvalue weighted by Gasteiger charge is 2.25. The lowest BCUT2D eigenvalue weighted by Crippen LogP contribution is -2.29. The molecule has 0 bridgehead atoms. The SMILES string of the molecule is CC1CCCN1Cc1cc(N2CCCC2=O)ccc1OCCCC1CCCNC1. The fraction of sp³-hybridized carbons (Fsp3) is 0.708. The molecule has 0 aromatic heterocycles. The van der Waals surface area contributed by atoms with E-state index in [-0.39, 0.29) is 5.91 Å². The van der Waals surface area contributed by atoms with Crippen LogP contribution in [0.5, 0.6) is 5.75 Å². The first-order chi connectivity index (χ1) is 14.2. The molecular formula is C24H37N3O2. The van der Waals surface area contributed by atoms with Crippen LogP contribution in [0.3, 0.4) is 0 Å². The van der Waals surface area contributed by atoms with Gasteiger partial charge in [0.25, 0.3) is 0 Å². The minimum atomic E-state index is 0.250. The minimum absolute atomic E-state index is 0.250. The Kier molecular flexibility index (Phi) is 7.09. The predicted molar refractivity (Wildman–Crippen MR) is 117 cm³/mol. The summed E-state index contributed by atoms with van der Waals surface area (Å²) in [6, 6.07) is 6.99. The summed E-state index contributed by atoms with van der Waals surface area (Å²) in [7, 11) is 0. The highest BCUT2D eigenvalue weighted by molar-refractivity contribution is 5.95. The van der Waals surface area contributed by atoms with Gasteiger partial charge in [-0.1, -0.05) is 0 Å². The molecule has 0 radical (unpaired) electrons. The van der Waals surface area contributed by atoms with Crippen molar-refractivity contribution in [3.63, 3.8) is 0 Å². The van der Waals surface area contributed by atoms with E-state index < -0.39 is 0 Å². The molecule has 3 saturated heterocycles. The number of benzene rings is 1. The van der Waals surface area contributed by atoms with Crippen LogP contribution in [-0.2, 0) is 11.3 Å². The summed E-state index contributed by atoms with van der Waals surface area (Å²) in [5, 5.41) is 3.51. The first kappa shape index (κ1) is 20.7. The van der Waals surface area contributed by atoms with Crippen LogP contribution < -0.4 is 15.0 Å². The number of hydrogen-bond acceptors (Lipinski definition) is 4. The average Bonchev–Trinajstić information content (AvgIpc) is 3.35. The number of carbonyl (C=O) groups is 1. The second-order valence-corrected chi connectivity index (χ2v) is 9.11. The molecule has 160 valence electrons. The van der Waals surface area contributed by atoms with Crippen LogP contribution in [-0.4, -0.2) is 49.6 Å². The molecule has 1 aromatic carbocycles. The summed E-state index contributed by atoms with van der Waals surface area (Å²) in [5.41, 5.74) is 2.27. The van der Waals surface area contributed by atoms with Crippen LogP contribution in [0.4, 0.5) is 5.69 Å². The van der Waals surface area contributed by atoms with Gasteiger partial charge in [0.2, 0.25) is 5.91 Å². The Labute approximate surface area is 175 Å². The molecule has 3 aliphatic rings. The minimum Gasteiger partial charge on any atom is -0.493 e. The van der Waals surface area contributed by atoms with Crippen LogP contribution in [0.25, 0.3) is 0 Å². The zero-order chi connectivity index (χ0) is 20.1. The molecule has 1 amide bonds. The van der Waals surface area contributed by atoms with Crippen molar-refractivity contribution < 1.29 is 9.53 Å². The number of rotatable bonds is 8. The number of amides is 1. The zero-order valence-electron chi connectivity index (χ0n) is 18.0. The normalized spacial score (nSPS) is 25.7. The van der Waals surface area contributed by atoms with Gasteiger partial charge < -0.3 is 15.0 Å². The highest BCUT2D eigenvalue weighted by Crippen LogP contribution is 2.31. The van der Waals surface area contributed by atoms with Crippen molar-refractivity contribution in [2.75, 3.05) is 37.7 Å². The fourth-order valence-electron chi connectivity index (χ4n) is 5.09. The molecule has 3 fully saturated rings. The van der Waals surface area contributed by atoms with Gasteiger partial charge in [-0.15, -0.1) is 0 Å². The van der Waals surface area contributed by atoms with Crippen molar-refractivity contribution in [1.82, 2.24) is 10.2 Å². The van der Waals surface area contributed by atoms with E-state index >= 15 is 0 Å². The molecule has 3 aliphatic heterocycles. The lowest BCUT2D eigenvalue weighted by Gasteiger charge is -2.25. The third-order valence-corrected chi connectivity index (χ3v) is 6.91. The number of nitrogens with zero attached hydrogens (tertiary/aromatic N) is 2. The van der Waals surface area contributed by atoms with E-state index in [4.69, 9.17) is 4.74 Å². The molecule has 2 atom stereocenters. The quantitative estimate of drug-likeness (QED) is 0.672. The molecule has 1 aromatic rings. The van der Waals surface area contributed by atoms with E-state index in [9.17, 15) is 4.79 Å². The summed E-state index contributed by atoms with van der Waals surface area (Å²) in [6.07, 6.45) is 9.19. The van der Waals surface area contributed by atoms with Crippen LogP contribution in [0, 0.1) is 5.92 Å². The smallest absolute Gasteiger partial charge is 0.227 e. The van der Waals surface area contributed by atoms with Crippen LogP contribution in [0.2, 0.25) is 0 Å². The Balaban J connectivity index is 1.40. The summed E-state index contributed by atoms with van der Waals surface area (Å²) < 4.78 is 6.27. The Bertz CT molecular complexity index is 687. The van der Waals surface area contributed by atoms with Crippen molar-refractivity contribution in [3.8, 4) is 5.75 Å². The predicted octanol–water partition coefficient (Wildman–Crippen LogP) is 3.96. The molecule has 5 nitrogen and oxygen atoms in total. The lowest BCUT2D eigenvalue weighted by molar-refractivity contribution is -0.117. The van der Waals surface area contributed by atoms with Crippen molar-refractivity contribution >= 4 is 11.6 Å². The van der Waals surface area contributed by atoms with E-state index in [1.54, 1.807) is 0 Å². The molecule has 1 N–H and O–H groups in total. The standard InChI is InChI=1S/C24H37N3O2/c1-19-6-3-13-26(19)18-21-16-22(27-14-4-9-24(27)28)10-11-23(21)29-15-5-8-20-7-2-12-25-17-20/h10-11,16,19-20,25H,2-9,12-15,17-18H2,1H3. The van der Waals surface area contributed by atoms with Gasteiger partial charge in [0.15, 0.2) is 0 Å². The summed E-state index contributed by atoms with van der Waals surface area (Å²) in [5.74, 6) is 2.06. The van der Waals surface area contributed by atoms with Crippen molar-refractivity contribution in [1.29, 1.82) is 0 Å². The summed E-state index contributed by atoms with van der Waals surface area (Å²) in [4.78, 5) is 16.7. The van der Waals surface area contributed by atoms with Crippen molar-refractivity contribution in [2.45, 2.75) is 70.9 Å². The number of likely N-dealkylation sites (tertiary alicyclic amines) is 1. The molecule has 5 heteroatoms. The maximum atomic E-state index is 12.2. The number of hydrogen-bond donors (Lipinski definition) is 1. The molecular weight excluding hydrogens is 362 g/mol. The van der Waals surface area contributed by atoms with E-state index in [1.165, 1.54) is 44.2 Å². The third kappa shape index (κ3) is 5.32. The number of nitrogens with one attached hydrogen (secondary N) is 1. The second-order valence-electron chi connectivity index (χ2n) is 9.11. The van der Waals surface area contributed by atoms with Crippen LogP contribution in [0.15, 0.2) is 18.2 Å². The number of ether oxygens (including phenoxy) is 1. The van der Waals surface area contributed by atoms with Gasteiger partial charge in [-0.05, 0) is 95.6 Å². The van der Waals surface area contributed by atoms with Gasteiger partial charge in [0, 0.05) is 36.8 Å². The fourth-order valence-corrected chi connectivity index (χ4v) is 5.09. The monoisotopic (exact) mass is 399 g/mol. The van der Waals surface area contributed by atoms with E-state index in [2.05, 4.69) is 35.3 Å². The van der Waals surface area contributed by atoms with Gasteiger partial charge in [-0.2, -0.15) is 0 Å². The first-order valence-corrected chi connectivity index (χ1v) is 11.7. The Morgan fingerprint density at radius 3 is 2.83 bits per heavy atom. The van der Waals surface area contributed by atoms with E-state index in [0.29, 0.717) is 12.5 Å². The molecule has 2 unspecified atom stereocenters. The maximum absolute atomic E-state index is 12.2. The van der Waals surface area contributed by atoms with Crippen molar-refractivity contribution in [3.05, 3.63) is 23.8 Å².